The number of carbonyl (C=O) groups excluding carboxylic acids is 2. The van der Waals surface area contributed by atoms with Gasteiger partial charge in [0.05, 0.1) is 12.5 Å². The molecule has 1 fully saturated rings. The van der Waals surface area contributed by atoms with Crippen molar-refractivity contribution >= 4 is 23.4 Å². The Balaban J connectivity index is 1.63. The highest BCUT2D eigenvalue weighted by atomic mass is 16.6. The van der Waals surface area contributed by atoms with E-state index in [1.807, 2.05) is 6.07 Å². The van der Waals surface area contributed by atoms with Crippen molar-refractivity contribution in [3.63, 3.8) is 0 Å². The van der Waals surface area contributed by atoms with E-state index in [0.29, 0.717) is 19.7 Å². The highest BCUT2D eigenvalue weighted by Crippen LogP contribution is 2.29. The van der Waals surface area contributed by atoms with Crippen LogP contribution in [0.15, 0.2) is 18.2 Å². The number of nitrogens with one attached hydrogen (secondary N) is 1. The van der Waals surface area contributed by atoms with Gasteiger partial charge in [-0.05, 0) is 56.4 Å². The number of aryl methyl sites for hydroxylation is 1. The molecule has 2 aliphatic rings. The summed E-state index contributed by atoms with van der Waals surface area (Å²) in [5.41, 5.74) is 3.37. The second-order valence-electron chi connectivity index (χ2n) is 6.84. The minimum atomic E-state index is -0.322. The van der Waals surface area contributed by atoms with Crippen molar-refractivity contribution in [3.8, 4) is 0 Å². The van der Waals surface area contributed by atoms with Gasteiger partial charge in [-0.25, -0.2) is 4.79 Å². The van der Waals surface area contributed by atoms with E-state index < -0.39 is 0 Å². The third-order valence-corrected chi connectivity index (χ3v) is 5.02. The fourth-order valence-corrected chi connectivity index (χ4v) is 3.68. The maximum atomic E-state index is 12.6. The molecule has 1 atom stereocenters. The molecule has 0 aromatic heterocycles. The van der Waals surface area contributed by atoms with Gasteiger partial charge in [-0.3, -0.25) is 4.79 Å². The minimum absolute atomic E-state index is 0.0156. The van der Waals surface area contributed by atoms with Crippen LogP contribution in [0, 0.1) is 5.92 Å². The summed E-state index contributed by atoms with van der Waals surface area (Å²) in [6.07, 6.45) is 3.49. The second kappa shape index (κ2) is 7.76. The SMILES string of the molecule is CCOC(=O)N1CCCC(C(=O)Nc2ccc3c(c2)CCCN3C)C1. The summed E-state index contributed by atoms with van der Waals surface area (Å²) >= 11 is 0. The number of carbonyl (C=O) groups is 2. The van der Waals surface area contributed by atoms with Gasteiger partial charge in [-0.1, -0.05) is 0 Å². The molecule has 1 unspecified atom stereocenters. The fraction of sp³-hybridized carbons (Fsp3) is 0.579. The molecule has 0 bridgehead atoms. The number of benzene rings is 1. The predicted octanol–water partition coefficient (Wildman–Crippen LogP) is 2.88. The van der Waals surface area contributed by atoms with E-state index in [2.05, 4.69) is 29.4 Å². The Morgan fingerprint density at radius 1 is 1.28 bits per heavy atom. The molecule has 2 amide bonds. The summed E-state index contributed by atoms with van der Waals surface area (Å²) in [6.45, 7) is 4.31. The Bertz CT molecular complexity index is 647. The van der Waals surface area contributed by atoms with Crippen LogP contribution in [0.4, 0.5) is 16.2 Å². The number of likely N-dealkylation sites (tertiary alicyclic amines) is 1. The van der Waals surface area contributed by atoms with E-state index in [-0.39, 0.29) is 17.9 Å². The molecule has 6 nitrogen and oxygen atoms in total. The van der Waals surface area contributed by atoms with E-state index in [4.69, 9.17) is 4.74 Å². The van der Waals surface area contributed by atoms with E-state index in [1.165, 1.54) is 11.3 Å². The third kappa shape index (κ3) is 4.06. The molecule has 0 aliphatic carbocycles. The smallest absolute Gasteiger partial charge is 0.409 e. The normalized spacial score (nSPS) is 20.0. The first kappa shape index (κ1) is 17.6. The number of nitrogens with zero attached hydrogens (tertiary/aromatic N) is 2. The first-order valence-corrected chi connectivity index (χ1v) is 9.15. The van der Waals surface area contributed by atoms with Gasteiger partial charge >= 0.3 is 6.09 Å². The van der Waals surface area contributed by atoms with Gasteiger partial charge < -0.3 is 19.9 Å². The first-order chi connectivity index (χ1) is 12.1. The van der Waals surface area contributed by atoms with Crippen LogP contribution in [0.2, 0.25) is 0 Å². The molecule has 3 rings (SSSR count). The van der Waals surface area contributed by atoms with Gasteiger partial charge in [0.25, 0.3) is 0 Å². The molecular weight excluding hydrogens is 318 g/mol. The average Bonchev–Trinajstić information content (AvgIpc) is 2.62. The molecule has 25 heavy (non-hydrogen) atoms. The maximum absolute atomic E-state index is 12.6. The summed E-state index contributed by atoms with van der Waals surface area (Å²) in [4.78, 5) is 28.4. The lowest BCUT2D eigenvalue weighted by Crippen LogP contribution is -2.44. The minimum Gasteiger partial charge on any atom is -0.450 e. The van der Waals surface area contributed by atoms with Crippen molar-refractivity contribution < 1.29 is 14.3 Å². The number of rotatable bonds is 3. The highest BCUT2D eigenvalue weighted by molar-refractivity contribution is 5.93. The molecule has 1 aromatic rings. The Labute approximate surface area is 149 Å². The van der Waals surface area contributed by atoms with E-state index in [0.717, 1.165) is 37.9 Å². The Hall–Kier alpha value is -2.24. The van der Waals surface area contributed by atoms with E-state index >= 15 is 0 Å². The number of anilines is 2. The molecule has 1 N–H and O–H groups in total. The van der Waals surface area contributed by atoms with Gasteiger partial charge in [0, 0.05) is 38.1 Å². The zero-order valence-corrected chi connectivity index (χ0v) is 15.1. The molecule has 2 heterocycles. The summed E-state index contributed by atoms with van der Waals surface area (Å²) in [5, 5.41) is 3.03. The topological polar surface area (TPSA) is 61.9 Å². The highest BCUT2D eigenvalue weighted by Gasteiger charge is 2.29. The lowest BCUT2D eigenvalue weighted by Gasteiger charge is -2.31. The van der Waals surface area contributed by atoms with Crippen LogP contribution in [0.1, 0.15) is 31.7 Å². The van der Waals surface area contributed by atoms with E-state index in [1.54, 1.807) is 11.8 Å². The zero-order valence-electron chi connectivity index (χ0n) is 15.1. The molecule has 0 saturated carbocycles. The van der Waals surface area contributed by atoms with Crippen molar-refractivity contribution in [2.45, 2.75) is 32.6 Å². The standard InChI is InChI=1S/C19H27N3O3/c1-3-25-19(24)22-11-5-7-15(13-22)18(23)20-16-8-9-17-14(12-16)6-4-10-21(17)2/h8-9,12,15H,3-7,10-11,13H2,1-2H3,(H,20,23). The second-order valence-corrected chi connectivity index (χ2v) is 6.84. The van der Waals surface area contributed by atoms with E-state index in [9.17, 15) is 9.59 Å². The zero-order chi connectivity index (χ0) is 17.8. The number of fused-ring (bicyclic) bond motifs is 1. The van der Waals surface area contributed by atoms with Crippen molar-refractivity contribution in [1.29, 1.82) is 0 Å². The number of ether oxygens (including phenoxy) is 1. The summed E-state index contributed by atoms with van der Waals surface area (Å²) < 4.78 is 5.05. The van der Waals surface area contributed by atoms with Gasteiger partial charge in [0.1, 0.15) is 0 Å². The van der Waals surface area contributed by atoms with Crippen LogP contribution < -0.4 is 10.2 Å². The number of hydrogen-bond acceptors (Lipinski definition) is 4. The van der Waals surface area contributed by atoms with Crippen molar-refractivity contribution in [3.05, 3.63) is 23.8 Å². The summed E-state index contributed by atoms with van der Waals surface area (Å²) in [6, 6.07) is 6.12. The molecule has 0 spiro atoms. The molecule has 136 valence electrons. The molecule has 2 aliphatic heterocycles. The Kier molecular flexibility index (Phi) is 5.46. The van der Waals surface area contributed by atoms with Crippen LogP contribution in [-0.2, 0) is 16.0 Å². The average molecular weight is 345 g/mol. The number of amides is 2. The number of hydrogen-bond donors (Lipinski definition) is 1. The molecule has 0 radical (unpaired) electrons. The fourth-order valence-electron chi connectivity index (χ4n) is 3.68. The quantitative estimate of drug-likeness (QED) is 0.915. The van der Waals surface area contributed by atoms with Crippen LogP contribution >= 0.6 is 0 Å². The lowest BCUT2D eigenvalue weighted by molar-refractivity contribution is -0.121. The molecule has 1 saturated heterocycles. The summed E-state index contributed by atoms with van der Waals surface area (Å²) in [7, 11) is 2.10. The van der Waals surface area contributed by atoms with Crippen LogP contribution in [0.3, 0.4) is 0 Å². The monoisotopic (exact) mass is 345 g/mol. The van der Waals surface area contributed by atoms with Crippen molar-refractivity contribution in [1.82, 2.24) is 4.90 Å². The third-order valence-electron chi connectivity index (χ3n) is 5.02. The van der Waals surface area contributed by atoms with Gasteiger partial charge in [-0.15, -0.1) is 0 Å². The largest absolute Gasteiger partial charge is 0.450 e. The van der Waals surface area contributed by atoms with Crippen LogP contribution in [0.25, 0.3) is 0 Å². The maximum Gasteiger partial charge on any atom is 0.409 e. The van der Waals surface area contributed by atoms with Gasteiger partial charge in [-0.2, -0.15) is 0 Å². The molecule has 6 heteroatoms. The van der Waals surface area contributed by atoms with Gasteiger partial charge in [0.15, 0.2) is 0 Å². The Morgan fingerprint density at radius 2 is 2.12 bits per heavy atom. The molecular formula is C19H27N3O3. The van der Waals surface area contributed by atoms with Crippen LogP contribution in [0.5, 0.6) is 0 Å². The summed E-state index contributed by atoms with van der Waals surface area (Å²) in [5.74, 6) is -0.199. The first-order valence-electron chi connectivity index (χ1n) is 9.15. The molecule has 1 aromatic carbocycles. The van der Waals surface area contributed by atoms with Gasteiger partial charge in [0.2, 0.25) is 5.91 Å². The Morgan fingerprint density at radius 3 is 2.92 bits per heavy atom. The van der Waals surface area contributed by atoms with Crippen molar-refractivity contribution in [2.24, 2.45) is 5.92 Å². The van der Waals surface area contributed by atoms with Crippen molar-refractivity contribution in [2.75, 3.05) is 43.5 Å². The number of piperidine rings is 1. The van der Waals surface area contributed by atoms with Crippen LogP contribution in [-0.4, -0.2) is 50.2 Å². The predicted molar refractivity (Wildman–Crippen MR) is 98.0 cm³/mol. The lowest BCUT2D eigenvalue weighted by atomic mass is 9.97.